The molecule has 0 radical (unpaired) electrons. The van der Waals surface area contributed by atoms with Crippen molar-refractivity contribution in [2.45, 2.75) is 71.0 Å². The van der Waals surface area contributed by atoms with Crippen LogP contribution in [0.15, 0.2) is 6.20 Å². The number of nitrogens with zero attached hydrogens (tertiary/aromatic N) is 3. The minimum atomic E-state index is -0.106. The highest BCUT2D eigenvalue weighted by Crippen LogP contribution is 2.55. The van der Waals surface area contributed by atoms with E-state index in [1.807, 2.05) is 13.1 Å². The highest BCUT2D eigenvalue weighted by Gasteiger charge is 2.63. The Balaban J connectivity index is 1.34. The molecule has 0 unspecified atom stereocenters. The fourth-order valence-electron chi connectivity index (χ4n) is 5.67. The summed E-state index contributed by atoms with van der Waals surface area (Å²) in [5, 5.41) is 3.25. The van der Waals surface area contributed by atoms with Gasteiger partial charge in [0.25, 0.3) is 0 Å². The van der Waals surface area contributed by atoms with E-state index >= 15 is 0 Å². The van der Waals surface area contributed by atoms with Crippen LogP contribution in [0.4, 0.5) is 5.82 Å². The van der Waals surface area contributed by atoms with Crippen molar-refractivity contribution < 1.29 is 9.53 Å². The van der Waals surface area contributed by atoms with Gasteiger partial charge in [0.1, 0.15) is 11.6 Å². The van der Waals surface area contributed by atoms with E-state index in [4.69, 9.17) is 9.72 Å². The molecule has 5 rings (SSSR count). The molecule has 152 valence electrons. The molecule has 6 nitrogen and oxygen atoms in total. The minimum absolute atomic E-state index is 0.0497. The van der Waals surface area contributed by atoms with Crippen molar-refractivity contribution >= 4 is 11.7 Å². The average Bonchev–Trinajstić information content (AvgIpc) is 3.04. The molecule has 4 heterocycles. The molecule has 4 aliphatic rings. The van der Waals surface area contributed by atoms with E-state index < -0.39 is 0 Å². The quantitative estimate of drug-likeness (QED) is 0.817. The van der Waals surface area contributed by atoms with Crippen molar-refractivity contribution in [3.05, 3.63) is 17.6 Å². The molecule has 6 heteroatoms. The number of hydrogen-bond donors (Lipinski definition) is 1. The number of aryl methyl sites for hydroxylation is 2. The first kappa shape index (κ1) is 18.3. The van der Waals surface area contributed by atoms with Crippen molar-refractivity contribution in [3.63, 3.8) is 0 Å². The SMILES string of the molecule is CCCc1cnc(C)nc1N1C[C@@H]2[C@H](CNC(=O)C3(C)CC3)[C@H]3CC[C@]2(C1)O3. The van der Waals surface area contributed by atoms with Gasteiger partial charge >= 0.3 is 0 Å². The van der Waals surface area contributed by atoms with Gasteiger partial charge in [-0.05, 0) is 39.0 Å². The summed E-state index contributed by atoms with van der Waals surface area (Å²) in [6.45, 7) is 8.89. The highest BCUT2D eigenvalue weighted by atomic mass is 16.5. The first-order valence-corrected chi connectivity index (χ1v) is 11.0. The number of fused-ring (bicyclic) bond motifs is 1. The third-order valence-corrected chi connectivity index (χ3v) is 7.61. The van der Waals surface area contributed by atoms with Gasteiger partial charge in [0.2, 0.25) is 5.91 Å². The molecule has 1 aromatic heterocycles. The predicted octanol–water partition coefficient (Wildman–Crippen LogP) is 2.64. The Bertz CT molecular complexity index is 793. The number of ether oxygens (including phenoxy) is 1. The Hall–Kier alpha value is -1.69. The zero-order valence-corrected chi connectivity index (χ0v) is 17.3. The van der Waals surface area contributed by atoms with Gasteiger partial charge in [-0.25, -0.2) is 9.97 Å². The van der Waals surface area contributed by atoms with Gasteiger partial charge in [-0.3, -0.25) is 4.79 Å². The van der Waals surface area contributed by atoms with Crippen molar-refractivity contribution in [2.75, 3.05) is 24.5 Å². The first-order chi connectivity index (χ1) is 13.4. The Kier molecular flexibility index (Phi) is 4.20. The number of carbonyl (C=O) groups excluding carboxylic acids is 1. The maximum atomic E-state index is 12.4. The van der Waals surface area contributed by atoms with Crippen LogP contribution >= 0.6 is 0 Å². The molecular weight excluding hydrogens is 352 g/mol. The van der Waals surface area contributed by atoms with Crippen LogP contribution < -0.4 is 10.2 Å². The summed E-state index contributed by atoms with van der Waals surface area (Å²) in [5.74, 6) is 3.05. The van der Waals surface area contributed by atoms with Crippen molar-refractivity contribution in [3.8, 4) is 0 Å². The van der Waals surface area contributed by atoms with E-state index in [0.29, 0.717) is 17.9 Å². The topological polar surface area (TPSA) is 67.4 Å². The number of hydrogen-bond acceptors (Lipinski definition) is 5. The van der Waals surface area contributed by atoms with E-state index in [1.54, 1.807) is 0 Å². The fourth-order valence-corrected chi connectivity index (χ4v) is 5.67. The summed E-state index contributed by atoms with van der Waals surface area (Å²) >= 11 is 0. The lowest BCUT2D eigenvalue weighted by atomic mass is 9.73. The summed E-state index contributed by atoms with van der Waals surface area (Å²) in [6, 6.07) is 0. The lowest BCUT2D eigenvalue weighted by Crippen LogP contribution is -2.43. The van der Waals surface area contributed by atoms with Gasteiger partial charge in [-0.2, -0.15) is 0 Å². The van der Waals surface area contributed by atoms with E-state index in [9.17, 15) is 4.79 Å². The van der Waals surface area contributed by atoms with Gasteiger partial charge in [-0.1, -0.05) is 20.3 Å². The third kappa shape index (κ3) is 2.83. The molecule has 3 saturated heterocycles. The fraction of sp³-hybridized carbons (Fsp3) is 0.773. The Labute approximate surface area is 167 Å². The van der Waals surface area contributed by atoms with Gasteiger partial charge in [0.05, 0.1) is 11.7 Å². The van der Waals surface area contributed by atoms with E-state index in [-0.39, 0.29) is 16.9 Å². The largest absolute Gasteiger partial charge is 0.369 e. The minimum Gasteiger partial charge on any atom is -0.369 e. The van der Waals surface area contributed by atoms with Crippen LogP contribution in [0.5, 0.6) is 0 Å². The second-order valence-corrected chi connectivity index (χ2v) is 9.70. The predicted molar refractivity (Wildman–Crippen MR) is 107 cm³/mol. The average molecular weight is 385 g/mol. The van der Waals surface area contributed by atoms with Crippen LogP contribution in [-0.4, -0.2) is 47.2 Å². The number of aromatic nitrogens is 2. The Morgan fingerprint density at radius 2 is 2.21 bits per heavy atom. The number of anilines is 1. The van der Waals surface area contributed by atoms with Crippen molar-refractivity contribution in [1.82, 2.24) is 15.3 Å². The summed E-state index contributed by atoms with van der Waals surface area (Å²) < 4.78 is 6.58. The van der Waals surface area contributed by atoms with Crippen molar-refractivity contribution in [1.29, 1.82) is 0 Å². The summed E-state index contributed by atoms with van der Waals surface area (Å²) in [6.07, 6.45) is 8.71. The second kappa shape index (κ2) is 6.41. The van der Waals surface area contributed by atoms with E-state index in [1.165, 1.54) is 5.56 Å². The second-order valence-electron chi connectivity index (χ2n) is 9.70. The molecule has 1 saturated carbocycles. The van der Waals surface area contributed by atoms with Gasteiger partial charge in [0, 0.05) is 48.6 Å². The maximum absolute atomic E-state index is 12.4. The van der Waals surface area contributed by atoms with E-state index in [2.05, 4.69) is 29.0 Å². The van der Waals surface area contributed by atoms with Crippen LogP contribution in [0.25, 0.3) is 0 Å². The molecule has 28 heavy (non-hydrogen) atoms. The standard InChI is InChI=1S/C22H32N4O2/c1-4-5-15-10-23-14(2)25-19(15)26-12-17-16(11-24-20(27)21(3)8-9-21)18-6-7-22(17,13-26)28-18/h10,16-18H,4-9,11-13H2,1-3H3,(H,24,27)/t16-,17+,18+,22+/m0/s1. The number of rotatable bonds is 6. The van der Waals surface area contributed by atoms with Gasteiger partial charge in [-0.15, -0.1) is 0 Å². The van der Waals surface area contributed by atoms with Crippen LogP contribution in [-0.2, 0) is 16.0 Å². The molecule has 1 aromatic rings. The summed E-state index contributed by atoms with van der Waals surface area (Å²) in [4.78, 5) is 24.1. The molecule has 0 aromatic carbocycles. The molecule has 4 fully saturated rings. The van der Waals surface area contributed by atoms with Gasteiger partial charge in [0.15, 0.2) is 0 Å². The number of carbonyl (C=O) groups is 1. The van der Waals surface area contributed by atoms with Crippen LogP contribution in [0.2, 0.25) is 0 Å². The lowest BCUT2D eigenvalue weighted by molar-refractivity contribution is -0.126. The molecule has 1 amide bonds. The zero-order chi connectivity index (χ0) is 19.5. The molecule has 1 spiro atoms. The number of amides is 1. The van der Waals surface area contributed by atoms with Crippen LogP contribution in [0, 0.1) is 24.2 Å². The van der Waals surface area contributed by atoms with E-state index in [0.717, 1.165) is 69.8 Å². The summed E-state index contributed by atoms with van der Waals surface area (Å²) in [7, 11) is 0. The molecular formula is C22H32N4O2. The molecule has 4 atom stereocenters. The monoisotopic (exact) mass is 384 g/mol. The molecule has 1 aliphatic carbocycles. The summed E-state index contributed by atoms with van der Waals surface area (Å²) in [5.41, 5.74) is 1.09. The van der Waals surface area contributed by atoms with Crippen LogP contribution in [0.3, 0.4) is 0 Å². The highest BCUT2D eigenvalue weighted by molar-refractivity contribution is 5.84. The van der Waals surface area contributed by atoms with Gasteiger partial charge < -0.3 is 15.0 Å². The number of nitrogens with one attached hydrogen (secondary N) is 1. The molecule has 3 aliphatic heterocycles. The maximum Gasteiger partial charge on any atom is 0.225 e. The lowest BCUT2D eigenvalue weighted by Gasteiger charge is -2.29. The Morgan fingerprint density at radius 3 is 2.96 bits per heavy atom. The zero-order valence-electron chi connectivity index (χ0n) is 17.3. The first-order valence-electron chi connectivity index (χ1n) is 11.0. The molecule has 1 N–H and O–H groups in total. The third-order valence-electron chi connectivity index (χ3n) is 7.61. The molecule has 2 bridgehead atoms. The normalized spacial score (nSPS) is 34.5. The smallest absolute Gasteiger partial charge is 0.225 e. The van der Waals surface area contributed by atoms with Crippen LogP contribution in [0.1, 0.15) is 57.3 Å². The Morgan fingerprint density at radius 1 is 1.39 bits per heavy atom. The van der Waals surface area contributed by atoms with Crippen molar-refractivity contribution in [2.24, 2.45) is 17.3 Å².